The van der Waals surface area contributed by atoms with E-state index in [0.29, 0.717) is 17.3 Å². The van der Waals surface area contributed by atoms with Gasteiger partial charge in [-0.25, -0.2) is 4.98 Å². The number of hydrogen-bond acceptors (Lipinski definition) is 8. The number of benzene rings is 3. The van der Waals surface area contributed by atoms with Crippen molar-refractivity contribution >= 4 is 33.6 Å². The Bertz CT molecular complexity index is 1390. The van der Waals surface area contributed by atoms with E-state index in [1.165, 1.54) is 11.3 Å². The van der Waals surface area contributed by atoms with Crippen LogP contribution in [0.25, 0.3) is 11.1 Å². The van der Waals surface area contributed by atoms with Gasteiger partial charge in [0, 0.05) is 37.6 Å². The maximum absolute atomic E-state index is 11.6. The van der Waals surface area contributed by atoms with E-state index in [9.17, 15) is 4.21 Å². The first-order valence-electron chi connectivity index (χ1n) is 12.2. The number of anilines is 4. The minimum Gasteiger partial charge on any atom is -0.494 e. The predicted octanol–water partition coefficient (Wildman–Crippen LogP) is 6.70. The second-order valence-electron chi connectivity index (χ2n) is 8.71. The van der Waals surface area contributed by atoms with Crippen LogP contribution in [0.2, 0.25) is 0 Å². The summed E-state index contributed by atoms with van der Waals surface area (Å²) in [6.45, 7) is 3.31. The van der Waals surface area contributed by atoms with Crippen molar-refractivity contribution in [1.29, 1.82) is 4.78 Å². The highest BCUT2D eigenvalue weighted by Crippen LogP contribution is 2.30. The van der Waals surface area contributed by atoms with Crippen LogP contribution in [0, 0.1) is 4.78 Å². The number of pyridine rings is 1. The quantitative estimate of drug-likeness (QED) is 0.193. The highest BCUT2D eigenvalue weighted by Gasteiger charge is 2.10. The van der Waals surface area contributed by atoms with E-state index in [1.54, 1.807) is 18.2 Å². The molecule has 37 heavy (non-hydrogen) atoms. The Morgan fingerprint density at radius 3 is 2.41 bits per heavy atom. The molecule has 0 amide bonds. The lowest BCUT2D eigenvalue weighted by Gasteiger charge is -2.16. The molecular formula is C29H32N5O2S-. The number of ether oxygens (including phenoxy) is 1. The second-order valence-corrected chi connectivity index (χ2v) is 9.72. The monoisotopic (exact) mass is 514 g/mol. The lowest BCUT2D eigenvalue weighted by Crippen LogP contribution is -2.10. The Hall–Kier alpha value is -4.04. The zero-order chi connectivity index (χ0) is 26.2. The Balaban J connectivity index is 1.57. The smallest absolute Gasteiger partial charge is 0.136 e. The zero-order valence-electron chi connectivity index (χ0n) is 21.3. The van der Waals surface area contributed by atoms with E-state index in [4.69, 9.17) is 14.5 Å². The summed E-state index contributed by atoms with van der Waals surface area (Å²) in [6.07, 6.45) is 0.854. The Kier molecular flexibility index (Phi) is 8.64. The maximum atomic E-state index is 11.6. The molecule has 7 nitrogen and oxygen atoms in total. The van der Waals surface area contributed by atoms with Gasteiger partial charge in [0.2, 0.25) is 0 Å². The van der Waals surface area contributed by atoms with E-state index in [0.717, 1.165) is 41.3 Å². The molecule has 0 radical (unpaired) electrons. The molecule has 0 saturated heterocycles. The first kappa shape index (κ1) is 26.0. The van der Waals surface area contributed by atoms with Crippen molar-refractivity contribution in [2.75, 3.05) is 42.8 Å². The molecule has 1 heterocycles. The van der Waals surface area contributed by atoms with Gasteiger partial charge in [-0.05, 0) is 66.9 Å². The van der Waals surface area contributed by atoms with Crippen molar-refractivity contribution in [2.24, 2.45) is 0 Å². The lowest BCUT2D eigenvalue weighted by molar-refractivity contribution is 0.340. The molecule has 0 aliphatic carbocycles. The third-order valence-corrected chi connectivity index (χ3v) is 6.53. The predicted molar refractivity (Wildman–Crippen MR) is 153 cm³/mol. The second kappa shape index (κ2) is 12.3. The van der Waals surface area contributed by atoms with Gasteiger partial charge in [-0.3, -0.25) is 0 Å². The Morgan fingerprint density at radius 1 is 0.973 bits per heavy atom. The van der Waals surface area contributed by atoms with Gasteiger partial charge in [0.15, 0.2) is 0 Å². The molecule has 0 saturated carbocycles. The maximum Gasteiger partial charge on any atom is 0.136 e. The van der Waals surface area contributed by atoms with Gasteiger partial charge in [0.05, 0.1) is 6.61 Å². The fourth-order valence-corrected chi connectivity index (χ4v) is 4.35. The Labute approximate surface area is 220 Å². The molecule has 1 aromatic heterocycles. The van der Waals surface area contributed by atoms with Crippen molar-refractivity contribution in [3.63, 3.8) is 0 Å². The van der Waals surface area contributed by atoms with Gasteiger partial charge in [0.1, 0.15) is 17.4 Å². The molecule has 3 aromatic carbocycles. The third-order valence-electron chi connectivity index (χ3n) is 5.85. The van der Waals surface area contributed by atoms with Crippen LogP contribution in [-0.2, 0) is 21.2 Å². The van der Waals surface area contributed by atoms with Crippen LogP contribution in [0.4, 0.5) is 23.0 Å². The van der Waals surface area contributed by atoms with Gasteiger partial charge in [-0.2, -0.15) is 10.6 Å². The molecule has 0 fully saturated rings. The third kappa shape index (κ3) is 7.01. The summed E-state index contributed by atoms with van der Waals surface area (Å²) in [5.41, 5.74) is 5.17. The molecule has 192 valence electrons. The van der Waals surface area contributed by atoms with Crippen molar-refractivity contribution in [2.45, 2.75) is 18.2 Å². The summed E-state index contributed by atoms with van der Waals surface area (Å²) in [5.74, 6) is 2.25. The SMILES string of the molecule is CCOc1ccc(-c2ccc(Nc3cccc([S-](=N)=O)c3)nc2NCCc2ccc(N(C)C)cc2)cc1. The average Bonchev–Trinajstić information content (AvgIpc) is 2.90. The van der Waals surface area contributed by atoms with Crippen LogP contribution in [0.5, 0.6) is 5.75 Å². The van der Waals surface area contributed by atoms with Crippen LogP contribution in [0.3, 0.4) is 0 Å². The van der Waals surface area contributed by atoms with Crippen LogP contribution in [0.15, 0.2) is 89.8 Å². The van der Waals surface area contributed by atoms with E-state index >= 15 is 0 Å². The zero-order valence-corrected chi connectivity index (χ0v) is 22.1. The van der Waals surface area contributed by atoms with Crippen molar-refractivity contribution in [1.82, 2.24) is 4.98 Å². The number of nitrogens with one attached hydrogen (secondary N) is 3. The van der Waals surface area contributed by atoms with E-state index in [2.05, 4.69) is 39.8 Å². The van der Waals surface area contributed by atoms with Crippen LogP contribution in [0.1, 0.15) is 12.5 Å². The molecule has 0 bridgehead atoms. The molecular weight excluding hydrogens is 482 g/mol. The van der Waals surface area contributed by atoms with Gasteiger partial charge in [-0.15, -0.1) is 0 Å². The number of nitrogens with zero attached hydrogens (tertiary/aromatic N) is 2. The summed E-state index contributed by atoms with van der Waals surface area (Å²) in [6, 6.07) is 27.5. The minimum absolute atomic E-state index is 0.439. The number of rotatable bonds is 11. The minimum atomic E-state index is -1.80. The topological polar surface area (TPSA) is 90.3 Å². The largest absolute Gasteiger partial charge is 0.494 e. The molecule has 8 heteroatoms. The summed E-state index contributed by atoms with van der Waals surface area (Å²) >= 11 is 0. The summed E-state index contributed by atoms with van der Waals surface area (Å²) in [7, 11) is 2.28. The van der Waals surface area contributed by atoms with Crippen LogP contribution >= 0.6 is 0 Å². The van der Waals surface area contributed by atoms with Gasteiger partial charge >= 0.3 is 0 Å². The first-order valence-corrected chi connectivity index (χ1v) is 13.3. The van der Waals surface area contributed by atoms with Gasteiger partial charge in [0.25, 0.3) is 0 Å². The summed E-state index contributed by atoms with van der Waals surface area (Å²) in [5, 5.41) is 6.80. The fraction of sp³-hybridized carbons (Fsp3) is 0.207. The first-order chi connectivity index (χ1) is 17.9. The van der Waals surface area contributed by atoms with Crippen LogP contribution in [-0.4, -0.2) is 32.2 Å². The van der Waals surface area contributed by atoms with E-state index in [-0.39, 0.29) is 0 Å². The van der Waals surface area contributed by atoms with Crippen molar-refractivity contribution in [3.05, 3.63) is 90.5 Å². The molecule has 0 aliphatic heterocycles. The number of hydrogen-bond donors (Lipinski definition) is 3. The molecule has 4 aromatic rings. The average molecular weight is 515 g/mol. The van der Waals surface area contributed by atoms with Crippen LogP contribution < -0.4 is 20.3 Å². The summed E-state index contributed by atoms with van der Waals surface area (Å²) < 4.78 is 24.6. The molecule has 0 atom stereocenters. The molecule has 0 spiro atoms. The van der Waals surface area contributed by atoms with Crippen molar-refractivity contribution in [3.8, 4) is 16.9 Å². The Morgan fingerprint density at radius 2 is 1.73 bits per heavy atom. The van der Waals surface area contributed by atoms with Gasteiger partial charge in [-0.1, -0.05) is 47.4 Å². The number of aromatic nitrogens is 1. The van der Waals surface area contributed by atoms with Crippen molar-refractivity contribution < 1.29 is 8.95 Å². The normalized spacial score (nSPS) is 10.8. The van der Waals surface area contributed by atoms with Gasteiger partial charge < -0.3 is 29.3 Å². The van der Waals surface area contributed by atoms with E-state index < -0.39 is 10.6 Å². The fourth-order valence-electron chi connectivity index (χ4n) is 3.92. The van der Waals surface area contributed by atoms with E-state index in [1.807, 2.05) is 63.5 Å². The molecule has 0 unspecified atom stereocenters. The molecule has 3 N–H and O–H groups in total. The summed E-state index contributed by atoms with van der Waals surface area (Å²) in [4.78, 5) is 7.39. The highest BCUT2D eigenvalue weighted by atomic mass is 32.2. The molecule has 0 aliphatic rings. The lowest BCUT2D eigenvalue weighted by atomic mass is 10.1. The highest BCUT2D eigenvalue weighted by molar-refractivity contribution is 7.73. The molecule has 4 rings (SSSR count). The standard InChI is InChI=1S/C29H32N5O2S/c1-4-36-25-14-10-22(11-15-25)27-16-17-28(32-23-6-5-7-26(20-23)37(30)35)33-29(27)31-19-18-21-8-12-24(13-9-21)34(2)3/h5-17,20,30H,4,18-19H2,1-3H3,(H2,31,32,33)/q-1.